The van der Waals surface area contributed by atoms with E-state index in [1.807, 2.05) is 43.5 Å². The Balaban J connectivity index is 1.70. The molecular weight excluding hydrogens is 316 g/mol. The third-order valence-electron chi connectivity index (χ3n) is 3.00. The van der Waals surface area contributed by atoms with Crippen molar-refractivity contribution in [2.24, 2.45) is 0 Å². The molecule has 1 aromatic carbocycles. The van der Waals surface area contributed by atoms with E-state index in [0.717, 1.165) is 21.6 Å². The summed E-state index contributed by atoms with van der Waals surface area (Å²) in [5, 5.41) is 10.4. The highest BCUT2D eigenvalue weighted by atomic mass is 32.2. The first-order valence-corrected chi connectivity index (χ1v) is 8.60. The van der Waals surface area contributed by atoms with Crippen molar-refractivity contribution in [2.45, 2.75) is 19.1 Å². The third-order valence-corrected chi connectivity index (χ3v) is 4.73. The van der Waals surface area contributed by atoms with E-state index in [-0.39, 0.29) is 5.78 Å². The summed E-state index contributed by atoms with van der Waals surface area (Å²) in [5.41, 5.74) is 3.20. The number of hydrogen-bond donors (Lipinski definition) is 0. The van der Waals surface area contributed by atoms with E-state index in [0.29, 0.717) is 16.9 Å². The highest BCUT2D eigenvalue weighted by Gasteiger charge is 2.13. The van der Waals surface area contributed by atoms with Crippen LogP contribution in [-0.4, -0.2) is 21.7 Å². The lowest BCUT2D eigenvalue weighted by atomic mass is 10.1. The van der Waals surface area contributed by atoms with Crippen LogP contribution in [0.3, 0.4) is 0 Å². The van der Waals surface area contributed by atoms with Crippen LogP contribution in [0.15, 0.2) is 45.4 Å². The second-order valence-corrected chi connectivity index (χ2v) is 6.81. The van der Waals surface area contributed by atoms with Crippen molar-refractivity contribution in [2.75, 3.05) is 5.75 Å². The van der Waals surface area contributed by atoms with Gasteiger partial charge in [0.15, 0.2) is 5.78 Å². The number of Topliss-reactive ketones (excluding diaryl/α,β-unsaturated/α-hetero) is 1. The van der Waals surface area contributed by atoms with Crippen LogP contribution in [0, 0.1) is 13.8 Å². The van der Waals surface area contributed by atoms with Gasteiger partial charge in [-0.15, -0.1) is 21.5 Å². The van der Waals surface area contributed by atoms with E-state index in [2.05, 4.69) is 16.3 Å². The van der Waals surface area contributed by atoms with Gasteiger partial charge in [-0.3, -0.25) is 4.79 Å². The Morgan fingerprint density at radius 1 is 1.23 bits per heavy atom. The minimum absolute atomic E-state index is 0.0751. The Labute approximate surface area is 136 Å². The first-order valence-electron chi connectivity index (χ1n) is 6.73. The summed E-state index contributed by atoms with van der Waals surface area (Å²) in [4.78, 5) is 12.7. The zero-order valence-corrected chi connectivity index (χ0v) is 13.8. The molecule has 6 heteroatoms. The van der Waals surface area contributed by atoms with Gasteiger partial charge < -0.3 is 4.42 Å². The van der Waals surface area contributed by atoms with Gasteiger partial charge in [-0.25, -0.2) is 0 Å². The fourth-order valence-electron chi connectivity index (χ4n) is 2.12. The summed E-state index contributed by atoms with van der Waals surface area (Å²) in [6, 6.07) is 9.79. The zero-order valence-electron chi connectivity index (χ0n) is 12.2. The summed E-state index contributed by atoms with van der Waals surface area (Å²) >= 11 is 2.71. The van der Waals surface area contributed by atoms with Crippen molar-refractivity contribution in [1.82, 2.24) is 10.2 Å². The lowest BCUT2D eigenvalue weighted by Crippen LogP contribution is -1.98. The molecule has 0 fully saturated rings. The maximum absolute atomic E-state index is 11.9. The van der Waals surface area contributed by atoms with E-state index in [1.165, 1.54) is 23.1 Å². The normalized spacial score (nSPS) is 10.8. The number of hydrogen-bond acceptors (Lipinski definition) is 6. The topological polar surface area (TPSA) is 56.0 Å². The smallest absolute Gasteiger partial charge is 0.277 e. The number of aryl methyl sites for hydroxylation is 2. The van der Waals surface area contributed by atoms with Gasteiger partial charge in [0.25, 0.3) is 5.22 Å². The van der Waals surface area contributed by atoms with Gasteiger partial charge in [0.2, 0.25) is 5.89 Å². The lowest BCUT2D eigenvalue weighted by molar-refractivity contribution is 0.102. The van der Waals surface area contributed by atoms with Crippen molar-refractivity contribution in [3.05, 3.63) is 51.7 Å². The Kier molecular flexibility index (Phi) is 4.40. The van der Waals surface area contributed by atoms with Crippen LogP contribution in [0.5, 0.6) is 0 Å². The molecule has 0 spiro atoms. The number of thioether (sulfide) groups is 1. The van der Waals surface area contributed by atoms with Gasteiger partial charge in [0.05, 0.1) is 10.6 Å². The second-order valence-electron chi connectivity index (χ2n) is 4.94. The SMILES string of the molecule is Cc1cc(C)cc(-c2nnc(SCC(=O)c3cccs3)o2)c1. The quantitative estimate of drug-likeness (QED) is 0.513. The summed E-state index contributed by atoms with van der Waals surface area (Å²) in [7, 11) is 0. The average Bonchev–Trinajstić information content (AvgIpc) is 3.15. The molecule has 3 aromatic rings. The maximum atomic E-state index is 11.9. The number of nitrogens with zero attached hydrogens (tertiary/aromatic N) is 2. The first-order chi connectivity index (χ1) is 10.6. The molecule has 0 amide bonds. The highest BCUT2D eigenvalue weighted by molar-refractivity contribution is 7.99. The molecule has 0 N–H and O–H groups in total. The molecule has 4 nitrogen and oxygen atoms in total. The molecule has 0 aliphatic rings. The standard InChI is InChI=1S/C16H14N2O2S2/c1-10-6-11(2)8-12(7-10)15-17-18-16(20-15)22-9-13(19)14-4-3-5-21-14/h3-8H,9H2,1-2H3. The Bertz CT molecular complexity index is 774. The number of rotatable bonds is 5. The predicted molar refractivity (Wildman–Crippen MR) is 88.6 cm³/mol. The van der Waals surface area contributed by atoms with Crippen LogP contribution in [0.4, 0.5) is 0 Å². The van der Waals surface area contributed by atoms with E-state index >= 15 is 0 Å². The minimum atomic E-state index is 0.0751. The molecule has 2 heterocycles. The van der Waals surface area contributed by atoms with Gasteiger partial charge in [0.1, 0.15) is 0 Å². The van der Waals surface area contributed by atoms with Gasteiger partial charge in [-0.1, -0.05) is 35.0 Å². The monoisotopic (exact) mass is 330 g/mol. The van der Waals surface area contributed by atoms with E-state index in [9.17, 15) is 4.79 Å². The van der Waals surface area contributed by atoms with E-state index in [4.69, 9.17) is 4.42 Å². The summed E-state index contributed by atoms with van der Waals surface area (Å²) in [5.74, 6) is 0.860. The molecular formula is C16H14N2O2S2. The van der Waals surface area contributed by atoms with Crippen LogP contribution < -0.4 is 0 Å². The summed E-state index contributed by atoms with van der Waals surface area (Å²) < 4.78 is 5.64. The highest BCUT2D eigenvalue weighted by Crippen LogP contribution is 2.25. The Morgan fingerprint density at radius 3 is 2.68 bits per heavy atom. The van der Waals surface area contributed by atoms with Crippen molar-refractivity contribution >= 4 is 28.9 Å². The second kappa shape index (κ2) is 6.46. The fraction of sp³-hybridized carbons (Fsp3) is 0.188. The van der Waals surface area contributed by atoms with Crippen molar-refractivity contribution < 1.29 is 9.21 Å². The molecule has 2 aromatic heterocycles. The number of benzene rings is 1. The first kappa shape index (κ1) is 15.0. The van der Waals surface area contributed by atoms with Crippen LogP contribution in [0.25, 0.3) is 11.5 Å². The molecule has 22 heavy (non-hydrogen) atoms. The molecule has 0 atom stereocenters. The number of carbonyl (C=O) groups is 1. The van der Waals surface area contributed by atoms with Gasteiger partial charge in [-0.05, 0) is 37.4 Å². The van der Waals surface area contributed by atoms with Gasteiger partial charge >= 0.3 is 0 Å². The van der Waals surface area contributed by atoms with E-state index < -0.39 is 0 Å². The molecule has 112 valence electrons. The van der Waals surface area contributed by atoms with Crippen LogP contribution in [0.2, 0.25) is 0 Å². The van der Waals surface area contributed by atoms with Crippen LogP contribution in [0.1, 0.15) is 20.8 Å². The fourth-order valence-corrected chi connectivity index (χ4v) is 3.52. The Hall–Kier alpha value is -1.92. The van der Waals surface area contributed by atoms with Crippen molar-refractivity contribution in [3.63, 3.8) is 0 Å². The van der Waals surface area contributed by atoms with Crippen molar-refractivity contribution in [3.8, 4) is 11.5 Å². The summed E-state index contributed by atoms with van der Waals surface area (Å²) in [6.45, 7) is 4.06. The Morgan fingerprint density at radius 2 is 2.00 bits per heavy atom. The van der Waals surface area contributed by atoms with Gasteiger partial charge in [-0.2, -0.15) is 0 Å². The third kappa shape index (κ3) is 3.45. The van der Waals surface area contributed by atoms with Gasteiger partial charge in [0, 0.05) is 5.56 Å². The zero-order chi connectivity index (χ0) is 15.5. The minimum Gasteiger partial charge on any atom is -0.411 e. The van der Waals surface area contributed by atoms with Crippen LogP contribution in [-0.2, 0) is 0 Å². The molecule has 0 bridgehead atoms. The predicted octanol–water partition coefficient (Wildman–Crippen LogP) is 4.39. The lowest BCUT2D eigenvalue weighted by Gasteiger charge is -2.00. The van der Waals surface area contributed by atoms with E-state index in [1.54, 1.807) is 0 Å². The maximum Gasteiger partial charge on any atom is 0.277 e. The van der Waals surface area contributed by atoms with Crippen LogP contribution >= 0.6 is 23.1 Å². The molecule has 3 rings (SSSR count). The molecule has 0 radical (unpaired) electrons. The molecule has 0 saturated heterocycles. The average molecular weight is 330 g/mol. The molecule has 0 unspecified atom stereocenters. The number of carbonyl (C=O) groups excluding carboxylic acids is 1. The number of aromatic nitrogens is 2. The summed E-state index contributed by atoms with van der Waals surface area (Å²) in [6.07, 6.45) is 0. The molecule has 0 aliphatic carbocycles. The molecule has 0 saturated carbocycles. The molecule has 0 aliphatic heterocycles. The largest absolute Gasteiger partial charge is 0.411 e. The van der Waals surface area contributed by atoms with Crippen molar-refractivity contribution in [1.29, 1.82) is 0 Å². The number of ketones is 1. The number of thiophene rings is 1.